The van der Waals surface area contributed by atoms with Gasteiger partial charge >= 0.3 is 0 Å². The molecule has 2 nitrogen and oxygen atoms in total. The first-order chi connectivity index (χ1) is 10.2. The van der Waals surface area contributed by atoms with E-state index in [0.717, 1.165) is 56.5 Å². The first kappa shape index (κ1) is 14.6. The van der Waals surface area contributed by atoms with Gasteiger partial charge in [0.2, 0.25) is 0 Å². The van der Waals surface area contributed by atoms with E-state index in [1.54, 1.807) is 0 Å². The molecule has 2 heterocycles. The Morgan fingerprint density at radius 2 is 2.00 bits per heavy atom. The van der Waals surface area contributed by atoms with Crippen LogP contribution in [0.25, 0.3) is 0 Å². The van der Waals surface area contributed by atoms with Gasteiger partial charge in [-0.3, -0.25) is 4.79 Å². The van der Waals surface area contributed by atoms with Crippen LogP contribution in [0.15, 0.2) is 0 Å². The molecule has 0 radical (unpaired) electrons. The highest BCUT2D eigenvalue weighted by atomic mass is 32.2. The molecule has 0 aromatic carbocycles. The molecular weight excluding hydrogens is 280 g/mol. The first-order valence-corrected chi connectivity index (χ1v) is 10.1. The van der Waals surface area contributed by atoms with E-state index in [-0.39, 0.29) is 5.60 Å². The van der Waals surface area contributed by atoms with Crippen molar-refractivity contribution in [2.75, 3.05) is 18.1 Å². The van der Waals surface area contributed by atoms with Gasteiger partial charge in [-0.05, 0) is 74.2 Å². The van der Waals surface area contributed by atoms with Gasteiger partial charge in [0.05, 0.1) is 5.60 Å². The minimum absolute atomic E-state index is 0.0680. The molecule has 4 fully saturated rings. The SMILES string of the molecule is O=C(CC1CC2CCC1C2)C1CCOC2(CCSCC2)C1. The zero-order chi connectivity index (χ0) is 14.3. The summed E-state index contributed by atoms with van der Waals surface area (Å²) in [5.74, 6) is 5.90. The number of Topliss-reactive ketones (excluding diaryl/α,β-unsaturated/α-hetero) is 1. The second-order valence-corrected chi connectivity index (χ2v) is 9.16. The number of thioether (sulfide) groups is 1. The van der Waals surface area contributed by atoms with Crippen molar-refractivity contribution in [3.8, 4) is 0 Å². The lowest BCUT2D eigenvalue weighted by Gasteiger charge is -2.43. The van der Waals surface area contributed by atoms with Crippen LogP contribution in [0.1, 0.15) is 57.8 Å². The molecule has 4 aliphatic rings. The topological polar surface area (TPSA) is 26.3 Å². The van der Waals surface area contributed by atoms with Gasteiger partial charge in [-0.2, -0.15) is 11.8 Å². The minimum Gasteiger partial charge on any atom is -0.375 e. The van der Waals surface area contributed by atoms with Crippen LogP contribution >= 0.6 is 11.8 Å². The monoisotopic (exact) mass is 308 g/mol. The zero-order valence-corrected chi connectivity index (χ0v) is 13.8. The number of ketones is 1. The fraction of sp³-hybridized carbons (Fsp3) is 0.944. The summed E-state index contributed by atoms with van der Waals surface area (Å²) in [6.45, 7) is 0.817. The Morgan fingerprint density at radius 3 is 2.71 bits per heavy atom. The third kappa shape index (κ3) is 2.93. The second kappa shape index (κ2) is 5.88. The molecule has 2 saturated heterocycles. The molecule has 1 spiro atoms. The Labute approximate surface area is 132 Å². The largest absolute Gasteiger partial charge is 0.375 e. The van der Waals surface area contributed by atoms with Crippen molar-refractivity contribution in [3.05, 3.63) is 0 Å². The number of carbonyl (C=O) groups is 1. The Morgan fingerprint density at radius 1 is 1.14 bits per heavy atom. The number of ether oxygens (including phenoxy) is 1. The average molecular weight is 308 g/mol. The molecule has 4 rings (SSSR count). The number of rotatable bonds is 3. The number of hydrogen-bond donors (Lipinski definition) is 0. The Kier molecular flexibility index (Phi) is 4.08. The second-order valence-electron chi connectivity index (χ2n) is 7.94. The van der Waals surface area contributed by atoms with E-state index in [4.69, 9.17) is 4.74 Å². The van der Waals surface area contributed by atoms with Gasteiger partial charge in [0.15, 0.2) is 0 Å². The van der Waals surface area contributed by atoms with Crippen LogP contribution in [0, 0.1) is 23.7 Å². The van der Waals surface area contributed by atoms with E-state index in [0.29, 0.717) is 11.7 Å². The maximum atomic E-state index is 12.8. The van der Waals surface area contributed by atoms with Crippen LogP contribution in [0.3, 0.4) is 0 Å². The van der Waals surface area contributed by atoms with Crippen molar-refractivity contribution >= 4 is 17.5 Å². The summed E-state index contributed by atoms with van der Waals surface area (Å²) >= 11 is 2.04. The van der Waals surface area contributed by atoms with Crippen molar-refractivity contribution in [1.82, 2.24) is 0 Å². The van der Waals surface area contributed by atoms with Gasteiger partial charge in [0, 0.05) is 18.9 Å². The molecule has 4 unspecified atom stereocenters. The molecule has 0 aromatic rings. The van der Waals surface area contributed by atoms with Gasteiger partial charge in [-0.1, -0.05) is 6.42 Å². The molecule has 4 atom stereocenters. The number of fused-ring (bicyclic) bond motifs is 2. The van der Waals surface area contributed by atoms with Crippen molar-refractivity contribution in [3.63, 3.8) is 0 Å². The standard InChI is InChI=1S/C18H28O2S/c19-17(11-16-10-13-1-2-14(16)9-13)15-3-6-20-18(12-15)4-7-21-8-5-18/h13-16H,1-12H2. The number of hydrogen-bond acceptors (Lipinski definition) is 3. The van der Waals surface area contributed by atoms with Crippen LogP contribution in [-0.4, -0.2) is 29.5 Å². The van der Waals surface area contributed by atoms with Gasteiger partial charge in [0.25, 0.3) is 0 Å². The van der Waals surface area contributed by atoms with E-state index in [9.17, 15) is 4.79 Å². The predicted octanol–water partition coefficient (Wildman–Crippen LogP) is 4.07. The normalized spacial score (nSPS) is 41.5. The maximum absolute atomic E-state index is 12.8. The summed E-state index contributed by atoms with van der Waals surface area (Å²) in [4.78, 5) is 12.8. The van der Waals surface area contributed by atoms with Gasteiger partial charge in [0.1, 0.15) is 5.78 Å². The van der Waals surface area contributed by atoms with Gasteiger partial charge in [-0.25, -0.2) is 0 Å². The van der Waals surface area contributed by atoms with E-state index in [1.165, 1.54) is 37.2 Å². The van der Waals surface area contributed by atoms with E-state index in [1.807, 2.05) is 11.8 Å². The summed E-state index contributed by atoms with van der Waals surface area (Å²) in [7, 11) is 0. The summed E-state index contributed by atoms with van der Waals surface area (Å²) in [6, 6.07) is 0. The van der Waals surface area contributed by atoms with Gasteiger partial charge in [-0.15, -0.1) is 0 Å². The van der Waals surface area contributed by atoms with Crippen molar-refractivity contribution in [2.24, 2.45) is 23.7 Å². The molecular formula is C18H28O2S. The van der Waals surface area contributed by atoms with Crippen LogP contribution in [-0.2, 0) is 9.53 Å². The van der Waals surface area contributed by atoms with Crippen molar-refractivity contribution < 1.29 is 9.53 Å². The summed E-state index contributed by atoms with van der Waals surface area (Å²) < 4.78 is 6.14. The smallest absolute Gasteiger partial charge is 0.136 e. The highest BCUT2D eigenvalue weighted by molar-refractivity contribution is 7.99. The first-order valence-electron chi connectivity index (χ1n) is 8.98. The van der Waals surface area contributed by atoms with Crippen molar-refractivity contribution in [1.29, 1.82) is 0 Å². The highest BCUT2D eigenvalue weighted by Crippen LogP contribution is 2.50. The lowest BCUT2D eigenvalue weighted by Crippen LogP contribution is -2.44. The average Bonchev–Trinajstić information content (AvgIpc) is 3.11. The zero-order valence-electron chi connectivity index (χ0n) is 13.0. The molecule has 2 aliphatic carbocycles. The van der Waals surface area contributed by atoms with E-state index in [2.05, 4.69) is 0 Å². The summed E-state index contributed by atoms with van der Waals surface area (Å²) in [5, 5.41) is 0. The number of carbonyl (C=O) groups excluding carboxylic acids is 1. The lowest BCUT2D eigenvalue weighted by atomic mass is 9.76. The van der Waals surface area contributed by atoms with Gasteiger partial charge < -0.3 is 4.74 Å². The van der Waals surface area contributed by atoms with E-state index >= 15 is 0 Å². The molecule has 2 bridgehead atoms. The molecule has 0 amide bonds. The third-order valence-corrected chi connectivity index (χ3v) is 7.69. The highest BCUT2D eigenvalue weighted by Gasteiger charge is 2.44. The summed E-state index contributed by atoms with van der Waals surface area (Å²) in [5.41, 5.74) is 0.0680. The van der Waals surface area contributed by atoms with Crippen molar-refractivity contribution in [2.45, 2.75) is 63.4 Å². The molecule has 118 valence electrons. The quantitative estimate of drug-likeness (QED) is 0.786. The molecule has 0 N–H and O–H groups in total. The Balaban J connectivity index is 1.35. The minimum atomic E-state index is 0.0680. The molecule has 2 aliphatic heterocycles. The summed E-state index contributed by atoms with van der Waals surface area (Å²) in [6.07, 6.45) is 10.8. The third-order valence-electron chi connectivity index (χ3n) is 6.70. The molecule has 21 heavy (non-hydrogen) atoms. The fourth-order valence-electron chi connectivity index (χ4n) is 5.45. The Hall–Kier alpha value is -0.0200. The Bertz CT molecular complexity index is 397. The predicted molar refractivity (Wildman–Crippen MR) is 86.5 cm³/mol. The van der Waals surface area contributed by atoms with Crippen LogP contribution in [0.4, 0.5) is 0 Å². The molecule has 0 aromatic heterocycles. The molecule has 2 saturated carbocycles. The van der Waals surface area contributed by atoms with Crippen LogP contribution in [0.5, 0.6) is 0 Å². The lowest BCUT2D eigenvalue weighted by molar-refractivity contribution is -0.139. The van der Waals surface area contributed by atoms with Crippen LogP contribution in [0.2, 0.25) is 0 Å². The fourth-order valence-corrected chi connectivity index (χ4v) is 6.68. The van der Waals surface area contributed by atoms with Crippen LogP contribution < -0.4 is 0 Å². The maximum Gasteiger partial charge on any atom is 0.136 e. The molecule has 3 heteroatoms. The van der Waals surface area contributed by atoms with E-state index < -0.39 is 0 Å².